The number of hydrogen-bond donors (Lipinski definition) is 2. The van der Waals surface area contributed by atoms with Crippen LogP contribution in [-0.2, 0) is 14.3 Å². The number of carboxylic acids is 1. The van der Waals surface area contributed by atoms with Gasteiger partial charge >= 0.3 is 5.97 Å². The van der Waals surface area contributed by atoms with E-state index in [1.807, 2.05) is 30.3 Å². The van der Waals surface area contributed by atoms with Gasteiger partial charge in [0.25, 0.3) is 0 Å². The summed E-state index contributed by atoms with van der Waals surface area (Å²) < 4.78 is 10.7. The number of carbonyl (C=O) groups excluding carboxylic acids is 1. The predicted molar refractivity (Wildman–Crippen MR) is 79.7 cm³/mol. The number of ether oxygens (including phenoxy) is 2. The number of hydrogen-bond acceptors (Lipinski definition) is 4. The van der Waals surface area contributed by atoms with E-state index in [0.717, 1.165) is 18.6 Å². The number of rotatable bonds is 10. The van der Waals surface area contributed by atoms with Crippen molar-refractivity contribution in [3.8, 4) is 5.75 Å². The Bertz CT molecular complexity index is 487. The maximum atomic E-state index is 11.7. The second-order valence-electron chi connectivity index (χ2n) is 5.32. The van der Waals surface area contributed by atoms with Gasteiger partial charge in [-0.05, 0) is 30.9 Å². The van der Waals surface area contributed by atoms with Crippen molar-refractivity contribution in [3.63, 3.8) is 0 Å². The summed E-state index contributed by atoms with van der Waals surface area (Å²) in [7, 11) is 0. The fourth-order valence-corrected chi connectivity index (χ4v) is 2.17. The Hall–Kier alpha value is -2.08. The van der Waals surface area contributed by atoms with Gasteiger partial charge in [-0.1, -0.05) is 18.2 Å². The van der Waals surface area contributed by atoms with Crippen LogP contribution in [0.4, 0.5) is 0 Å². The van der Waals surface area contributed by atoms with Crippen LogP contribution in [-0.4, -0.2) is 42.8 Å². The van der Waals surface area contributed by atoms with Gasteiger partial charge in [-0.3, -0.25) is 9.59 Å². The first-order chi connectivity index (χ1) is 10.6. The van der Waals surface area contributed by atoms with E-state index in [9.17, 15) is 9.59 Å². The van der Waals surface area contributed by atoms with Crippen molar-refractivity contribution in [2.24, 2.45) is 5.92 Å². The molecule has 0 saturated heterocycles. The molecule has 1 aliphatic rings. The Morgan fingerprint density at radius 2 is 1.95 bits per heavy atom. The zero-order valence-corrected chi connectivity index (χ0v) is 12.4. The van der Waals surface area contributed by atoms with E-state index >= 15 is 0 Å². The molecule has 0 heterocycles. The van der Waals surface area contributed by atoms with Crippen LogP contribution in [0.15, 0.2) is 30.3 Å². The molecular weight excluding hydrogens is 286 g/mol. The minimum Gasteiger partial charge on any atom is -0.491 e. The summed E-state index contributed by atoms with van der Waals surface area (Å²) in [6, 6.07) is 9.07. The van der Waals surface area contributed by atoms with Crippen LogP contribution in [0.3, 0.4) is 0 Å². The third-order valence-corrected chi connectivity index (χ3v) is 3.40. The van der Waals surface area contributed by atoms with E-state index in [1.165, 1.54) is 0 Å². The van der Waals surface area contributed by atoms with E-state index in [1.54, 1.807) is 0 Å². The molecule has 0 aliphatic heterocycles. The van der Waals surface area contributed by atoms with Gasteiger partial charge in [-0.25, -0.2) is 0 Å². The summed E-state index contributed by atoms with van der Waals surface area (Å²) in [4.78, 5) is 22.5. The summed E-state index contributed by atoms with van der Waals surface area (Å²) >= 11 is 0. The molecule has 0 bridgehead atoms. The van der Waals surface area contributed by atoms with Gasteiger partial charge < -0.3 is 19.9 Å². The summed E-state index contributed by atoms with van der Waals surface area (Å²) in [5, 5.41) is 11.6. The smallest absolute Gasteiger partial charge is 0.305 e. The lowest BCUT2D eigenvalue weighted by Crippen LogP contribution is -2.40. The number of benzene rings is 1. The highest BCUT2D eigenvalue weighted by atomic mass is 16.5. The number of nitrogens with one attached hydrogen (secondary N) is 1. The quantitative estimate of drug-likeness (QED) is 0.639. The monoisotopic (exact) mass is 307 g/mol. The average Bonchev–Trinajstić information content (AvgIpc) is 3.31. The lowest BCUT2D eigenvalue weighted by atomic mass is 10.1. The normalized spacial score (nSPS) is 15.1. The molecule has 0 aromatic heterocycles. The van der Waals surface area contributed by atoms with Crippen molar-refractivity contribution < 1.29 is 24.2 Å². The molecule has 2 N–H and O–H groups in total. The summed E-state index contributed by atoms with van der Waals surface area (Å²) in [5.41, 5.74) is 0. The summed E-state index contributed by atoms with van der Waals surface area (Å²) in [6.07, 6.45) is 1.92. The predicted octanol–water partition coefficient (Wildman–Crippen LogP) is 1.45. The molecule has 120 valence electrons. The second-order valence-corrected chi connectivity index (χ2v) is 5.32. The number of aliphatic carboxylic acids is 1. The lowest BCUT2D eigenvalue weighted by molar-refractivity contribution is -0.138. The van der Waals surface area contributed by atoms with Gasteiger partial charge in [-0.15, -0.1) is 0 Å². The van der Waals surface area contributed by atoms with Crippen LogP contribution in [0.2, 0.25) is 0 Å². The van der Waals surface area contributed by atoms with Crippen LogP contribution in [0.25, 0.3) is 0 Å². The number of carboxylic acid groups (broad SMARTS) is 1. The maximum absolute atomic E-state index is 11.7. The van der Waals surface area contributed by atoms with E-state index in [-0.39, 0.29) is 25.0 Å². The number of amides is 1. The Morgan fingerprint density at radius 1 is 1.23 bits per heavy atom. The molecule has 1 atom stereocenters. The van der Waals surface area contributed by atoms with E-state index in [2.05, 4.69) is 5.32 Å². The maximum Gasteiger partial charge on any atom is 0.305 e. The zero-order valence-electron chi connectivity index (χ0n) is 12.4. The Labute approximate surface area is 129 Å². The molecule has 1 aromatic carbocycles. The molecule has 1 aromatic rings. The minimum absolute atomic E-state index is 0.0342. The summed E-state index contributed by atoms with van der Waals surface area (Å²) in [6.45, 7) is 0.578. The number of para-hydroxylation sites is 1. The SMILES string of the molecule is O=C(O)C[C@H](NC(=O)COCCOc1ccccc1)C1CC1. The topological polar surface area (TPSA) is 84.9 Å². The highest BCUT2D eigenvalue weighted by molar-refractivity contribution is 5.78. The first-order valence-corrected chi connectivity index (χ1v) is 7.42. The van der Waals surface area contributed by atoms with Crippen LogP contribution in [0, 0.1) is 5.92 Å². The molecule has 6 nitrogen and oxygen atoms in total. The van der Waals surface area contributed by atoms with Gasteiger partial charge in [0.2, 0.25) is 5.91 Å². The van der Waals surface area contributed by atoms with Gasteiger partial charge in [0.1, 0.15) is 19.0 Å². The van der Waals surface area contributed by atoms with Crippen molar-refractivity contribution >= 4 is 11.9 Å². The Kier molecular flexibility index (Phi) is 6.21. The second kappa shape index (κ2) is 8.38. The number of carbonyl (C=O) groups is 2. The van der Waals surface area contributed by atoms with Crippen molar-refractivity contribution in [3.05, 3.63) is 30.3 Å². The Balaban J connectivity index is 1.58. The largest absolute Gasteiger partial charge is 0.491 e. The molecule has 1 amide bonds. The third-order valence-electron chi connectivity index (χ3n) is 3.40. The highest BCUT2D eigenvalue weighted by Gasteiger charge is 2.33. The molecule has 1 fully saturated rings. The minimum atomic E-state index is -0.894. The molecule has 22 heavy (non-hydrogen) atoms. The van der Waals surface area contributed by atoms with Gasteiger partial charge in [0.05, 0.1) is 13.0 Å². The fourth-order valence-electron chi connectivity index (χ4n) is 2.17. The van der Waals surface area contributed by atoms with Crippen molar-refractivity contribution in [2.75, 3.05) is 19.8 Å². The van der Waals surface area contributed by atoms with Crippen LogP contribution >= 0.6 is 0 Å². The third kappa shape index (κ3) is 6.13. The fraction of sp³-hybridized carbons (Fsp3) is 0.500. The molecule has 0 radical (unpaired) electrons. The van der Waals surface area contributed by atoms with Crippen LogP contribution in [0.1, 0.15) is 19.3 Å². The molecule has 0 unspecified atom stereocenters. The van der Waals surface area contributed by atoms with Gasteiger partial charge in [0, 0.05) is 6.04 Å². The van der Waals surface area contributed by atoms with E-state index in [4.69, 9.17) is 14.6 Å². The highest BCUT2D eigenvalue weighted by Crippen LogP contribution is 2.33. The average molecular weight is 307 g/mol. The van der Waals surface area contributed by atoms with Crippen LogP contribution < -0.4 is 10.1 Å². The van der Waals surface area contributed by atoms with Gasteiger partial charge in [0.15, 0.2) is 0 Å². The molecule has 6 heteroatoms. The summed E-state index contributed by atoms with van der Waals surface area (Å²) in [5.74, 6) is -0.125. The first-order valence-electron chi connectivity index (χ1n) is 7.42. The van der Waals surface area contributed by atoms with Crippen LogP contribution in [0.5, 0.6) is 5.75 Å². The Morgan fingerprint density at radius 3 is 2.59 bits per heavy atom. The standard InChI is InChI=1S/C16H21NO5/c18-15(17-14(10-16(19)20)12-6-7-12)11-21-8-9-22-13-4-2-1-3-5-13/h1-5,12,14H,6-11H2,(H,17,18)(H,19,20)/t14-/m0/s1. The van der Waals surface area contributed by atoms with Crippen molar-refractivity contribution in [1.29, 1.82) is 0 Å². The molecule has 0 spiro atoms. The van der Waals surface area contributed by atoms with Crippen molar-refractivity contribution in [1.82, 2.24) is 5.32 Å². The van der Waals surface area contributed by atoms with E-state index in [0.29, 0.717) is 19.1 Å². The van der Waals surface area contributed by atoms with E-state index < -0.39 is 5.97 Å². The molecule has 1 aliphatic carbocycles. The van der Waals surface area contributed by atoms with Crippen molar-refractivity contribution in [2.45, 2.75) is 25.3 Å². The molecule has 2 rings (SSSR count). The zero-order chi connectivity index (χ0) is 15.8. The lowest BCUT2D eigenvalue weighted by Gasteiger charge is -2.16. The molecule has 1 saturated carbocycles. The first kappa shape index (κ1) is 16.3. The van der Waals surface area contributed by atoms with Gasteiger partial charge in [-0.2, -0.15) is 0 Å². The molecular formula is C16H21NO5.